The maximum atomic E-state index is 10.1. The number of hydrogen-bond acceptors (Lipinski definition) is 2. The molecule has 1 saturated carbocycles. The van der Waals surface area contributed by atoms with Crippen LogP contribution in [0.25, 0.3) is 0 Å². The van der Waals surface area contributed by atoms with Crippen LogP contribution < -0.4 is 0 Å². The van der Waals surface area contributed by atoms with E-state index in [1.165, 1.54) is 12.8 Å². The molecule has 13 heavy (non-hydrogen) atoms. The smallest absolute Gasteiger partial charge is 0.0703 e. The lowest BCUT2D eigenvalue weighted by Crippen LogP contribution is -2.30. The first-order chi connectivity index (χ1) is 6.18. The normalized spacial score (nSPS) is 21.1. The van der Waals surface area contributed by atoms with Crippen molar-refractivity contribution in [2.45, 2.75) is 31.8 Å². The van der Waals surface area contributed by atoms with Gasteiger partial charge in [0, 0.05) is 18.3 Å². The first-order valence-corrected chi connectivity index (χ1v) is 4.81. The molecule has 1 aliphatic carbocycles. The third-order valence-corrected chi connectivity index (χ3v) is 2.72. The van der Waals surface area contributed by atoms with Gasteiger partial charge in [-0.3, -0.25) is 4.98 Å². The molecule has 1 fully saturated rings. The van der Waals surface area contributed by atoms with E-state index < -0.39 is 5.60 Å². The van der Waals surface area contributed by atoms with Crippen molar-refractivity contribution in [2.24, 2.45) is 5.92 Å². The monoisotopic (exact) mass is 177 g/mol. The summed E-state index contributed by atoms with van der Waals surface area (Å²) in [6.07, 6.45) is 4.79. The van der Waals surface area contributed by atoms with Gasteiger partial charge in [0.2, 0.25) is 0 Å². The molecule has 1 aromatic rings. The Kier molecular flexibility index (Phi) is 2.08. The van der Waals surface area contributed by atoms with E-state index in [1.807, 2.05) is 25.1 Å². The molecule has 0 aliphatic heterocycles. The van der Waals surface area contributed by atoms with E-state index in [0.717, 1.165) is 5.69 Å². The van der Waals surface area contributed by atoms with Crippen molar-refractivity contribution in [3.05, 3.63) is 30.1 Å². The summed E-state index contributed by atoms with van der Waals surface area (Å²) in [6, 6.07) is 5.83. The Morgan fingerprint density at radius 1 is 1.54 bits per heavy atom. The summed E-state index contributed by atoms with van der Waals surface area (Å²) in [4.78, 5) is 4.21. The van der Waals surface area contributed by atoms with Gasteiger partial charge in [0.25, 0.3) is 0 Å². The molecule has 1 aromatic heterocycles. The van der Waals surface area contributed by atoms with Gasteiger partial charge in [-0.25, -0.2) is 0 Å². The van der Waals surface area contributed by atoms with Crippen LogP contribution in [-0.2, 0) is 6.42 Å². The maximum Gasteiger partial charge on any atom is 0.0703 e. The van der Waals surface area contributed by atoms with E-state index in [-0.39, 0.29) is 0 Å². The molecule has 0 bridgehead atoms. The Balaban J connectivity index is 2.04. The highest BCUT2D eigenvalue weighted by atomic mass is 16.3. The van der Waals surface area contributed by atoms with Crippen LogP contribution in [0.5, 0.6) is 0 Å². The molecule has 0 spiro atoms. The van der Waals surface area contributed by atoms with Crippen LogP contribution in [0.1, 0.15) is 25.5 Å². The van der Waals surface area contributed by atoms with Gasteiger partial charge in [-0.1, -0.05) is 6.07 Å². The van der Waals surface area contributed by atoms with Crippen LogP contribution in [0.3, 0.4) is 0 Å². The van der Waals surface area contributed by atoms with Crippen LogP contribution >= 0.6 is 0 Å². The zero-order valence-electron chi connectivity index (χ0n) is 7.90. The predicted octanol–water partition coefficient (Wildman–Crippen LogP) is 1.79. The number of hydrogen-bond donors (Lipinski definition) is 1. The van der Waals surface area contributed by atoms with E-state index in [9.17, 15) is 5.11 Å². The quantitative estimate of drug-likeness (QED) is 0.763. The highest BCUT2D eigenvalue weighted by molar-refractivity contribution is 5.08. The lowest BCUT2D eigenvalue weighted by molar-refractivity contribution is 0.0363. The fourth-order valence-electron chi connectivity index (χ4n) is 1.72. The van der Waals surface area contributed by atoms with Crippen molar-refractivity contribution in [2.75, 3.05) is 0 Å². The Morgan fingerprint density at radius 3 is 2.85 bits per heavy atom. The molecule has 1 unspecified atom stereocenters. The Hall–Kier alpha value is -0.890. The first-order valence-electron chi connectivity index (χ1n) is 4.81. The van der Waals surface area contributed by atoms with Gasteiger partial charge in [-0.15, -0.1) is 0 Å². The summed E-state index contributed by atoms with van der Waals surface area (Å²) in [5, 5.41) is 10.1. The zero-order valence-corrected chi connectivity index (χ0v) is 7.90. The van der Waals surface area contributed by atoms with Crippen molar-refractivity contribution in [3.63, 3.8) is 0 Å². The maximum absolute atomic E-state index is 10.1. The number of nitrogens with zero attached hydrogens (tertiary/aromatic N) is 1. The fourth-order valence-corrected chi connectivity index (χ4v) is 1.72. The predicted molar refractivity (Wildman–Crippen MR) is 51.3 cm³/mol. The second-order valence-electron chi connectivity index (χ2n) is 4.13. The third-order valence-electron chi connectivity index (χ3n) is 2.72. The van der Waals surface area contributed by atoms with E-state index in [2.05, 4.69) is 4.98 Å². The van der Waals surface area contributed by atoms with Gasteiger partial charge in [0.15, 0.2) is 0 Å². The standard InChI is InChI=1S/C11H15NO/c1-11(13,9-5-6-9)8-10-4-2-3-7-12-10/h2-4,7,9,13H,5-6,8H2,1H3. The molecular formula is C11H15NO. The molecule has 1 aliphatic rings. The van der Waals surface area contributed by atoms with Gasteiger partial charge < -0.3 is 5.11 Å². The van der Waals surface area contributed by atoms with Gasteiger partial charge >= 0.3 is 0 Å². The average molecular weight is 177 g/mol. The van der Waals surface area contributed by atoms with Crippen LogP contribution in [0.15, 0.2) is 24.4 Å². The summed E-state index contributed by atoms with van der Waals surface area (Å²) in [5.41, 5.74) is 0.438. The van der Waals surface area contributed by atoms with Crippen molar-refractivity contribution in [3.8, 4) is 0 Å². The summed E-state index contributed by atoms with van der Waals surface area (Å²) < 4.78 is 0. The van der Waals surface area contributed by atoms with Crippen LogP contribution in [0, 0.1) is 5.92 Å². The summed E-state index contributed by atoms with van der Waals surface area (Å²) >= 11 is 0. The third kappa shape index (κ3) is 2.07. The van der Waals surface area contributed by atoms with E-state index in [0.29, 0.717) is 12.3 Å². The molecule has 0 radical (unpaired) electrons. The molecule has 0 aromatic carbocycles. The van der Waals surface area contributed by atoms with Crippen molar-refractivity contribution in [1.82, 2.24) is 4.98 Å². The first kappa shape index (κ1) is 8.70. The molecule has 1 atom stereocenters. The topological polar surface area (TPSA) is 33.1 Å². The minimum Gasteiger partial charge on any atom is -0.389 e. The van der Waals surface area contributed by atoms with Crippen LogP contribution in [-0.4, -0.2) is 15.7 Å². The lowest BCUT2D eigenvalue weighted by atomic mass is 9.94. The minimum absolute atomic E-state index is 0.495. The molecule has 2 heteroatoms. The van der Waals surface area contributed by atoms with Crippen molar-refractivity contribution in [1.29, 1.82) is 0 Å². The fraction of sp³-hybridized carbons (Fsp3) is 0.545. The van der Waals surface area contributed by atoms with E-state index >= 15 is 0 Å². The van der Waals surface area contributed by atoms with Crippen molar-refractivity contribution >= 4 is 0 Å². The summed E-state index contributed by atoms with van der Waals surface area (Å²) in [5.74, 6) is 0.495. The van der Waals surface area contributed by atoms with E-state index in [1.54, 1.807) is 6.20 Å². The van der Waals surface area contributed by atoms with Gasteiger partial charge in [-0.05, 0) is 37.8 Å². The second kappa shape index (κ2) is 3.11. The number of pyridine rings is 1. The molecule has 2 nitrogen and oxygen atoms in total. The molecule has 1 heterocycles. The number of rotatable bonds is 3. The van der Waals surface area contributed by atoms with Crippen molar-refractivity contribution < 1.29 is 5.11 Å². The molecule has 1 N–H and O–H groups in total. The summed E-state index contributed by atoms with van der Waals surface area (Å²) in [7, 11) is 0. The zero-order chi connectivity index (χ0) is 9.31. The Bertz CT molecular complexity index is 277. The molecule has 0 amide bonds. The lowest BCUT2D eigenvalue weighted by Gasteiger charge is -2.22. The highest BCUT2D eigenvalue weighted by Gasteiger charge is 2.39. The minimum atomic E-state index is -0.547. The molecule has 70 valence electrons. The summed E-state index contributed by atoms with van der Waals surface area (Å²) in [6.45, 7) is 1.92. The largest absolute Gasteiger partial charge is 0.389 e. The van der Waals surface area contributed by atoms with Crippen LogP contribution in [0.4, 0.5) is 0 Å². The molecular weight excluding hydrogens is 162 g/mol. The second-order valence-corrected chi connectivity index (χ2v) is 4.13. The average Bonchev–Trinajstić information content (AvgIpc) is 2.87. The highest BCUT2D eigenvalue weighted by Crippen LogP contribution is 2.40. The molecule has 0 saturated heterocycles. The number of aliphatic hydroxyl groups is 1. The van der Waals surface area contributed by atoms with Gasteiger partial charge in [0.1, 0.15) is 0 Å². The van der Waals surface area contributed by atoms with Gasteiger partial charge in [0.05, 0.1) is 5.60 Å². The Morgan fingerprint density at radius 2 is 2.31 bits per heavy atom. The molecule has 2 rings (SSSR count). The SMILES string of the molecule is CC(O)(Cc1ccccn1)C1CC1. The van der Waals surface area contributed by atoms with E-state index in [4.69, 9.17) is 0 Å². The Labute approximate surface area is 78.6 Å². The number of aromatic nitrogens is 1. The van der Waals surface area contributed by atoms with Crippen LogP contribution in [0.2, 0.25) is 0 Å². The van der Waals surface area contributed by atoms with Gasteiger partial charge in [-0.2, -0.15) is 0 Å².